The highest BCUT2D eigenvalue weighted by Crippen LogP contribution is 2.26. The van der Waals surface area contributed by atoms with Crippen LogP contribution in [-0.4, -0.2) is 198 Å². The second-order valence-corrected chi connectivity index (χ2v) is 30.9. The molecule has 0 heterocycles. The molecule has 0 rings (SSSR count). The lowest BCUT2D eigenvalue weighted by atomic mass is 9.94. The Morgan fingerprint density at radius 1 is 0.318 bits per heavy atom. The Labute approximate surface area is 665 Å². The summed E-state index contributed by atoms with van der Waals surface area (Å²) in [5, 5.41) is 47.6. The third-order valence-corrected chi connectivity index (χ3v) is 20.7. The monoisotopic (exact) mass is 1570 g/mol. The molecule has 0 aromatic heterocycles. The molecular weight excluding hydrogens is 1410 g/mol. The molecule has 0 fully saturated rings. The molecule has 0 aromatic rings. The number of ether oxygens (including phenoxy) is 6. The van der Waals surface area contributed by atoms with Gasteiger partial charge in [-0.1, -0.05) is 342 Å². The third kappa shape index (κ3) is 69.3. The zero-order chi connectivity index (χ0) is 81.0. The van der Waals surface area contributed by atoms with Gasteiger partial charge in [-0.3, -0.25) is 53.1 Å². The molecule has 0 radical (unpaired) electrons. The number of rotatable bonds is 85. The zero-order valence-corrected chi connectivity index (χ0v) is 69.7. The fourth-order valence-corrected chi connectivity index (χ4v) is 14.1. The van der Waals surface area contributed by atoms with Gasteiger partial charge in [-0.25, -0.2) is 4.79 Å². The number of carbonyl (C=O) groups excluding carboxylic acids is 4. The summed E-state index contributed by atoms with van der Waals surface area (Å²) in [6.45, 7) is 4.24. The van der Waals surface area contributed by atoms with E-state index in [9.17, 15) is 68.7 Å². The second-order valence-electron chi connectivity index (χ2n) is 30.9. The van der Waals surface area contributed by atoms with Gasteiger partial charge in [0.15, 0.2) is 6.10 Å². The summed E-state index contributed by atoms with van der Waals surface area (Å²) >= 11 is 0. The van der Waals surface area contributed by atoms with Crippen LogP contribution in [0.3, 0.4) is 0 Å². The van der Waals surface area contributed by atoms with Crippen molar-refractivity contribution in [2.75, 3.05) is 92.0 Å². The minimum absolute atomic E-state index is 0.0760. The number of carbonyl (C=O) groups is 9. The molecule has 2 atom stereocenters. The predicted octanol–water partition coefficient (Wildman–Crippen LogP) is 19.8. The summed E-state index contributed by atoms with van der Waals surface area (Å²) < 4.78 is 34.4. The Morgan fingerprint density at radius 3 is 0.936 bits per heavy atom. The van der Waals surface area contributed by atoms with Crippen molar-refractivity contribution in [3.05, 3.63) is 12.2 Å². The van der Waals surface area contributed by atoms with Gasteiger partial charge in [0.25, 0.3) is 0 Å². The SMILES string of the molecule is CCCCCCCCCCCCCCC(CCCCCCCCCCCCCC)C(=O)OCC(COC(=O)OC/C=C/COCCCOC(=O)CC(C(=O)O)N(CCN(CC(=O)O)CC(=O)O)CCN(CC(=O)O)CC(=O)O)OC(=O)C(CCCCCCCCCCCCCC)CCCCCCCCCCCCCC. The molecular formula is C87H159N3O20. The first-order chi connectivity index (χ1) is 53.4. The third-order valence-electron chi connectivity index (χ3n) is 20.7. The van der Waals surface area contributed by atoms with E-state index in [-0.39, 0.29) is 96.0 Å². The number of hydrogen-bond donors (Lipinski definition) is 5. The average Bonchev–Trinajstić information content (AvgIpc) is 0.931. The van der Waals surface area contributed by atoms with Gasteiger partial charge in [0.1, 0.15) is 25.9 Å². The van der Waals surface area contributed by atoms with Crippen LogP contribution in [0.1, 0.15) is 374 Å². The smallest absolute Gasteiger partial charge is 0.480 e. The largest absolute Gasteiger partial charge is 0.508 e. The summed E-state index contributed by atoms with van der Waals surface area (Å²) in [4.78, 5) is 117. The maximum atomic E-state index is 14.5. The van der Waals surface area contributed by atoms with Gasteiger partial charge in [-0.05, 0) is 31.8 Å². The number of carboxylic acids is 5. The first kappa shape index (κ1) is 105. The lowest BCUT2D eigenvalue weighted by Crippen LogP contribution is -2.50. The number of aliphatic carboxylic acids is 5. The van der Waals surface area contributed by atoms with Gasteiger partial charge in [0.2, 0.25) is 0 Å². The quantitative estimate of drug-likeness (QED) is 0.0163. The molecule has 23 nitrogen and oxygen atoms in total. The topological polar surface area (TPSA) is 320 Å². The van der Waals surface area contributed by atoms with E-state index < -0.39 is 86.7 Å². The van der Waals surface area contributed by atoms with E-state index in [4.69, 9.17) is 28.4 Å². The molecule has 110 heavy (non-hydrogen) atoms. The number of carboxylic acid groups (broad SMARTS) is 5. The molecule has 0 bridgehead atoms. The zero-order valence-electron chi connectivity index (χ0n) is 69.7. The molecule has 0 saturated carbocycles. The molecule has 5 N–H and O–H groups in total. The molecule has 0 aliphatic rings. The molecule has 642 valence electrons. The molecule has 0 aromatic carbocycles. The van der Waals surface area contributed by atoms with Crippen molar-refractivity contribution in [1.29, 1.82) is 0 Å². The van der Waals surface area contributed by atoms with Gasteiger partial charge in [0.05, 0.1) is 64.3 Å². The predicted molar refractivity (Wildman–Crippen MR) is 434 cm³/mol. The highest BCUT2D eigenvalue weighted by Gasteiger charge is 2.32. The van der Waals surface area contributed by atoms with Gasteiger partial charge < -0.3 is 54.0 Å². The Bertz CT molecular complexity index is 2160. The van der Waals surface area contributed by atoms with E-state index in [1.807, 2.05) is 0 Å². The van der Waals surface area contributed by atoms with E-state index >= 15 is 0 Å². The van der Waals surface area contributed by atoms with Crippen molar-refractivity contribution in [3.63, 3.8) is 0 Å². The van der Waals surface area contributed by atoms with Crippen LogP contribution in [-0.2, 0) is 66.8 Å². The van der Waals surface area contributed by atoms with Crippen LogP contribution in [0.2, 0.25) is 0 Å². The number of hydrogen-bond acceptors (Lipinski definition) is 18. The Morgan fingerprint density at radius 2 is 0.618 bits per heavy atom. The van der Waals surface area contributed by atoms with Crippen LogP contribution in [0.4, 0.5) is 4.79 Å². The van der Waals surface area contributed by atoms with Crippen LogP contribution >= 0.6 is 0 Å². The van der Waals surface area contributed by atoms with E-state index in [2.05, 4.69) is 27.7 Å². The Balaban J connectivity index is 6.20. The average molecular weight is 1570 g/mol. The van der Waals surface area contributed by atoms with Crippen LogP contribution in [0.15, 0.2) is 12.2 Å². The standard InChI is InChI=1S/C87H159N3O20/c1-5-9-13-17-21-25-29-33-37-41-45-49-56-75(57-50-46-42-38-34-30-26-22-18-14-10-6-2)85(102)108-73-77(110-86(103)76(58-51-47-43-39-35-31-27-23-19-15-11-7-3)59-52-48-44-40-36-32-28-24-20-16-12-8-4)74-109-87(104)107-66-54-53-64-105-65-55-67-106-83(99)68-78(84(100)101)90(62-60-88(69-79(91)92)70-80(93)94)63-61-89(71-81(95)96)72-82(97)98/h53-54,75-78H,5-52,55-74H2,1-4H3,(H,91,92)(H,93,94)(H,95,96)(H,97,98)(H,100,101)/b54-53+. The number of esters is 3. The van der Waals surface area contributed by atoms with Gasteiger partial charge >= 0.3 is 53.9 Å². The van der Waals surface area contributed by atoms with Crippen LogP contribution in [0.5, 0.6) is 0 Å². The minimum atomic E-state index is -1.61. The first-order valence-corrected chi connectivity index (χ1v) is 44.2. The summed E-state index contributed by atoms with van der Waals surface area (Å²) in [6, 6.07) is -1.61. The van der Waals surface area contributed by atoms with Crippen molar-refractivity contribution in [2.45, 2.75) is 387 Å². The normalized spacial score (nSPS) is 12.2. The molecule has 0 spiro atoms. The summed E-state index contributed by atoms with van der Waals surface area (Å²) in [5.41, 5.74) is 0. The van der Waals surface area contributed by atoms with Crippen molar-refractivity contribution < 1.29 is 97.1 Å². The Hall–Kier alpha value is -5.39. The Kier molecular flexibility index (Phi) is 73.7. The first-order valence-electron chi connectivity index (χ1n) is 44.2. The number of nitrogens with zero attached hydrogens (tertiary/aromatic N) is 3. The van der Waals surface area contributed by atoms with Crippen LogP contribution in [0, 0.1) is 11.8 Å². The van der Waals surface area contributed by atoms with Crippen LogP contribution in [0.25, 0.3) is 0 Å². The van der Waals surface area contributed by atoms with Crippen molar-refractivity contribution >= 4 is 53.9 Å². The number of unbranched alkanes of at least 4 members (excludes halogenated alkanes) is 44. The van der Waals surface area contributed by atoms with Crippen molar-refractivity contribution in [3.8, 4) is 0 Å². The fourth-order valence-electron chi connectivity index (χ4n) is 14.1. The minimum Gasteiger partial charge on any atom is -0.480 e. The molecule has 0 aliphatic heterocycles. The molecule has 23 heteroatoms. The van der Waals surface area contributed by atoms with Gasteiger partial charge in [-0.2, -0.15) is 0 Å². The molecule has 0 aliphatic carbocycles. The van der Waals surface area contributed by atoms with Gasteiger partial charge in [-0.15, -0.1) is 0 Å². The van der Waals surface area contributed by atoms with Gasteiger partial charge in [0, 0.05) is 32.6 Å². The fraction of sp³-hybridized carbons (Fsp3) is 0.874. The summed E-state index contributed by atoms with van der Waals surface area (Å²) in [6.07, 6.45) is 62.0. The second kappa shape index (κ2) is 77.5. The van der Waals surface area contributed by atoms with E-state index in [0.717, 1.165) is 99.7 Å². The van der Waals surface area contributed by atoms with Crippen molar-refractivity contribution in [1.82, 2.24) is 14.7 Å². The molecule has 0 saturated heterocycles. The highest BCUT2D eigenvalue weighted by atomic mass is 16.7. The maximum Gasteiger partial charge on any atom is 0.508 e. The summed E-state index contributed by atoms with van der Waals surface area (Å²) in [7, 11) is 0. The summed E-state index contributed by atoms with van der Waals surface area (Å²) in [5.74, 6) is -9.10. The van der Waals surface area contributed by atoms with Crippen molar-refractivity contribution in [2.24, 2.45) is 11.8 Å². The highest BCUT2D eigenvalue weighted by molar-refractivity contribution is 5.81. The molecule has 0 amide bonds. The van der Waals surface area contributed by atoms with E-state index in [1.54, 1.807) is 12.2 Å². The van der Waals surface area contributed by atoms with Crippen LogP contribution < -0.4 is 0 Å². The van der Waals surface area contributed by atoms with E-state index in [0.29, 0.717) is 12.8 Å². The lowest BCUT2D eigenvalue weighted by molar-refractivity contribution is -0.167. The lowest BCUT2D eigenvalue weighted by Gasteiger charge is -2.32. The van der Waals surface area contributed by atoms with E-state index in [1.165, 1.54) is 236 Å². The maximum absolute atomic E-state index is 14.5. The molecule has 2 unspecified atom stereocenters.